The zero-order chi connectivity index (χ0) is 20.8. The Morgan fingerprint density at radius 3 is 2.48 bits per heavy atom. The van der Waals surface area contributed by atoms with Crippen LogP contribution in [0.2, 0.25) is 0 Å². The van der Waals surface area contributed by atoms with E-state index in [0.29, 0.717) is 36.8 Å². The first-order valence-electron chi connectivity index (χ1n) is 11.0. The van der Waals surface area contributed by atoms with Crippen LogP contribution in [0.4, 0.5) is 0 Å². The molecule has 2 aliphatic heterocycles. The second kappa shape index (κ2) is 10.1. The van der Waals surface area contributed by atoms with E-state index in [1.807, 2.05) is 31.2 Å². The zero-order valence-corrected chi connectivity index (χ0v) is 18.1. The second-order valence-electron chi connectivity index (χ2n) is 8.36. The highest BCUT2D eigenvalue weighted by Gasteiger charge is 2.41. The molecule has 0 radical (unpaired) electrons. The van der Waals surface area contributed by atoms with Crippen molar-refractivity contribution in [3.8, 4) is 0 Å². The van der Waals surface area contributed by atoms with Gasteiger partial charge in [0.1, 0.15) is 5.70 Å². The van der Waals surface area contributed by atoms with E-state index in [0.717, 1.165) is 50.1 Å². The van der Waals surface area contributed by atoms with E-state index < -0.39 is 0 Å². The molecule has 0 spiro atoms. The first kappa shape index (κ1) is 21.6. The maximum atomic E-state index is 13.3. The topological polar surface area (TPSA) is 49.9 Å². The number of amides is 2. The minimum absolute atomic E-state index is 0.145. The molecular formula is C24H34N2O3. The molecule has 1 atom stereocenters. The third-order valence-corrected chi connectivity index (χ3v) is 5.77. The number of ether oxygens (including phenoxy) is 1. The predicted molar refractivity (Wildman–Crippen MR) is 115 cm³/mol. The number of nitrogens with zero attached hydrogens (tertiary/aromatic N) is 2. The number of likely N-dealkylation sites (tertiary alicyclic amines) is 1. The maximum Gasteiger partial charge on any atom is 0.277 e. The molecule has 1 aromatic rings. The van der Waals surface area contributed by atoms with Crippen LogP contribution in [0.5, 0.6) is 0 Å². The van der Waals surface area contributed by atoms with Crippen LogP contribution in [0, 0.1) is 12.8 Å². The van der Waals surface area contributed by atoms with Crippen LogP contribution in [0.15, 0.2) is 30.0 Å². The van der Waals surface area contributed by atoms with Crippen molar-refractivity contribution in [2.24, 2.45) is 5.92 Å². The molecule has 2 aliphatic rings. The Hall–Kier alpha value is -2.14. The van der Waals surface area contributed by atoms with Crippen LogP contribution in [-0.4, -0.2) is 54.5 Å². The van der Waals surface area contributed by atoms with Gasteiger partial charge < -0.3 is 9.64 Å². The molecule has 29 heavy (non-hydrogen) atoms. The summed E-state index contributed by atoms with van der Waals surface area (Å²) in [6.07, 6.45) is 5.04. The molecule has 1 saturated heterocycles. The number of imide groups is 1. The smallest absolute Gasteiger partial charge is 0.277 e. The van der Waals surface area contributed by atoms with Crippen LogP contribution >= 0.6 is 0 Å². The number of benzene rings is 1. The fourth-order valence-corrected chi connectivity index (χ4v) is 4.11. The Morgan fingerprint density at radius 1 is 1.07 bits per heavy atom. The Kier molecular flexibility index (Phi) is 7.48. The SMILES string of the molecule is CCCCOCCCN1C(=O)C(c2ccc(C)cc2)=C(N2CCCC(C)C2)C1=O. The fraction of sp³-hybridized carbons (Fsp3) is 0.583. The summed E-state index contributed by atoms with van der Waals surface area (Å²) in [4.78, 5) is 30.1. The molecule has 5 nitrogen and oxygen atoms in total. The lowest BCUT2D eigenvalue weighted by Crippen LogP contribution is -2.39. The summed E-state index contributed by atoms with van der Waals surface area (Å²) in [5, 5.41) is 0. The molecule has 158 valence electrons. The van der Waals surface area contributed by atoms with Gasteiger partial charge in [-0.2, -0.15) is 0 Å². The highest BCUT2D eigenvalue weighted by atomic mass is 16.5. The number of hydrogen-bond acceptors (Lipinski definition) is 4. The third kappa shape index (κ3) is 5.08. The van der Waals surface area contributed by atoms with Gasteiger partial charge in [0.2, 0.25) is 0 Å². The quantitative estimate of drug-likeness (QED) is 0.466. The summed E-state index contributed by atoms with van der Waals surface area (Å²) in [5.74, 6) is 0.216. The lowest BCUT2D eigenvalue weighted by Gasteiger charge is -2.33. The van der Waals surface area contributed by atoms with E-state index in [-0.39, 0.29) is 11.8 Å². The summed E-state index contributed by atoms with van der Waals surface area (Å²) < 4.78 is 5.61. The van der Waals surface area contributed by atoms with Crippen LogP contribution in [0.25, 0.3) is 5.57 Å². The van der Waals surface area contributed by atoms with Crippen LogP contribution in [-0.2, 0) is 14.3 Å². The second-order valence-corrected chi connectivity index (χ2v) is 8.36. The molecular weight excluding hydrogens is 364 g/mol. The summed E-state index contributed by atoms with van der Waals surface area (Å²) in [7, 11) is 0. The summed E-state index contributed by atoms with van der Waals surface area (Å²) in [6.45, 7) is 9.76. The van der Waals surface area contributed by atoms with Gasteiger partial charge in [0, 0.05) is 32.8 Å². The van der Waals surface area contributed by atoms with Gasteiger partial charge in [-0.1, -0.05) is 50.1 Å². The van der Waals surface area contributed by atoms with E-state index in [9.17, 15) is 9.59 Å². The molecule has 1 aromatic carbocycles. The van der Waals surface area contributed by atoms with Gasteiger partial charge in [-0.25, -0.2) is 0 Å². The average molecular weight is 399 g/mol. The Balaban J connectivity index is 1.80. The van der Waals surface area contributed by atoms with Crippen molar-refractivity contribution in [1.29, 1.82) is 0 Å². The number of carbonyl (C=O) groups excluding carboxylic acids is 2. The number of carbonyl (C=O) groups is 2. The van der Waals surface area contributed by atoms with Crippen molar-refractivity contribution in [2.45, 2.75) is 52.9 Å². The summed E-state index contributed by atoms with van der Waals surface area (Å²) in [5.41, 5.74) is 3.14. The van der Waals surface area contributed by atoms with Crippen molar-refractivity contribution >= 4 is 17.4 Å². The molecule has 0 saturated carbocycles. The predicted octanol–water partition coefficient (Wildman–Crippen LogP) is 4.01. The summed E-state index contributed by atoms with van der Waals surface area (Å²) >= 11 is 0. The number of rotatable bonds is 9. The highest BCUT2D eigenvalue weighted by molar-refractivity contribution is 6.35. The fourth-order valence-electron chi connectivity index (χ4n) is 4.11. The van der Waals surface area contributed by atoms with Crippen LogP contribution in [0.3, 0.4) is 0 Å². The van der Waals surface area contributed by atoms with Crippen LogP contribution in [0.1, 0.15) is 57.1 Å². The third-order valence-electron chi connectivity index (χ3n) is 5.77. The van der Waals surface area contributed by atoms with Gasteiger partial charge in [-0.05, 0) is 44.1 Å². The van der Waals surface area contributed by atoms with Crippen molar-refractivity contribution in [3.63, 3.8) is 0 Å². The van der Waals surface area contributed by atoms with Gasteiger partial charge >= 0.3 is 0 Å². The highest BCUT2D eigenvalue weighted by Crippen LogP contribution is 2.34. The van der Waals surface area contributed by atoms with Gasteiger partial charge in [0.05, 0.1) is 5.57 Å². The minimum atomic E-state index is -0.166. The number of unbranched alkanes of at least 4 members (excludes halogenated alkanes) is 1. The monoisotopic (exact) mass is 398 g/mol. The van der Waals surface area contributed by atoms with E-state index in [1.54, 1.807) is 0 Å². The normalized spacial score (nSPS) is 20.2. The van der Waals surface area contributed by atoms with E-state index in [4.69, 9.17) is 4.74 Å². The van der Waals surface area contributed by atoms with E-state index >= 15 is 0 Å². The van der Waals surface area contributed by atoms with Crippen molar-refractivity contribution in [1.82, 2.24) is 9.80 Å². The van der Waals surface area contributed by atoms with Gasteiger partial charge in [0.15, 0.2) is 0 Å². The molecule has 5 heteroatoms. The lowest BCUT2D eigenvalue weighted by atomic mass is 9.97. The molecule has 3 rings (SSSR count). The zero-order valence-electron chi connectivity index (χ0n) is 18.1. The Labute approximate surface area is 174 Å². The van der Waals surface area contributed by atoms with Crippen molar-refractivity contribution in [2.75, 3.05) is 32.8 Å². The molecule has 0 N–H and O–H groups in total. The Bertz CT molecular complexity index is 754. The van der Waals surface area contributed by atoms with Crippen molar-refractivity contribution in [3.05, 3.63) is 41.1 Å². The van der Waals surface area contributed by atoms with E-state index in [2.05, 4.69) is 18.7 Å². The molecule has 2 amide bonds. The van der Waals surface area contributed by atoms with Gasteiger partial charge in [0.25, 0.3) is 11.8 Å². The van der Waals surface area contributed by atoms with Gasteiger partial charge in [-0.15, -0.1) is 0 Å². The Morgan fingerprint density at radius 2 is 1.79 bits per heavy atom. The van der Waals surface area contributed by atoms with E-state index in [1.165, 1.54) is 11.3 Å². The molecule has 0 bridgehead atoms. The molecule has 1 fully saturated rings. The lowest BCUT2D eigenvalue weighted by molar-refractivity contribution is -0.137. The standard InChI is InChI=1S/C24H34N2O3/c1-4-5-15-29-16-7-14-26-23(27)21(20-11-9-18(2)10-12-20)22(24(26)28)25-13-6-8-19(3)17-25/h9-12,19H,4-8,13-17H2,1-3H3. The summed E-state index contributed by atoms with van der Waals surface area (Å²) in [6, 6.07) is 7.92. The average Bonchev–Trinajstić information content (AvgIpc) is 2.95. The van der Waals surface area contributed by atoms with Gasteiger partial charge in [-0.3, -0.25) is 14.5 Å². The number of aryl methyl sites for hydroxylation is 1. The molecule has 0 aliphatic carbocycles. The largest absolute Gasteiger partial charge is 0.381 e. The minimum Gasteiger partial charge on any atom is -0.381 e. The maximum absolute atomic E-state index is 13.3. The number of hydrogen-bond donors (Lipinski definition) is 0. The first-order valence-corrected chi connectivity index (χ1v) is 11.0. The number of piperidine rings is 1. The molecule has 1 unspecified atom stereocenters. The van der Waals surface area contributed by atoms with Crippen molar-refractivity contribution < 1.29 is 14.3 Å². The van der Waals surface area contributed by atoms with Crippen LogP contribution < -0.4 is 0 Å². The molecule has 0 aromatic heterocycles. The first-order chi connectivity index (χ1) is 14.0. The molecule has 2 heterocycles.